The number of nitrogens with one attached hydrogen (secondary N) is 2. The lowest BCUT2D eigenvalue weighted by molar-refractivity contribution is -0.119. The molecule has 1 amide bonds. The predicted octanol–water partition coefficient (Wildman–Crippen LogP) is 1.71. The van der Waals surface area contributed by atoms with Crippen LogP contribution in [-0.4, -0.2) is 38.4 Å². The maximum atomic E-state index is 11.7. The van der Waals surface area contributed by atoms with E-state index in [9.17, 15) is 13.2 Å². The highest BCUT2D eigenvalue weighted by molar-refractivity contribution is 7.91. The first kappa shape index (κ1) is 15.4. The standard InChI is InChI=1S/C12H14Cl2N2O3S/c13-8-1-2-11(10(14)5-8)15-6-12(17)16-9-3-4-20(18,19)7-9/h1-2,5,9,15H,3-4,6-7H2,(H,16,17). The Morgan fingerprint density at radius 3 is 2.70 bits per heavy atom. The van der Waals surface area contributed by atoms with E-state index in [0.29, 0.717) is 22.2 Å². The van der Waals surface area contributed by atoms with Gasteiger partial charge in [0.05, 0.1) is 28.8 Å². The number of carbonyl (C=O) groups is 1. The van der Waals surface area contributed by atoms with E-state index < -0.39 is 9.84 Å². The lowest BCUT2D eigenvalue weighted by Crippen LogP contribution is -2.39. The minimum absolute atomic E-state index is 0.0143. The van der Waals surface area contributed by atoms with Gasteiger partial charge in [-0.3, -0.25) is 4.79 Å². The van der Waals surface area contributed by atoms with E-state index >= 15 is 0 Å². The van der Waals surface area contributed by atoms with Gasteiger partial charge in [-0.15, -0.1) is 0 Å². The number of amides is 1. The van der Waals surface area contributed by atoms with Crippen molar-refractivity contribution < 1.29 is 13.2 Å². The summed E-state index contributed by atoms with van der Waals surface area (Å²) >= 11 is 11.7. The van der Waals surface area contributed by atoms with Crippen LogP contribution in [0.2, 0.25) is 10.0 Å². The molecule has 20 heavy (non-hydrogen) atoms. The highest BCUT2D eigenvalue weighted by Gasteiger charge is 2.28. The number of anilines is 1. The smallest absolute Gasteiger partial charge is 0.239 e. The van der Waals surface area contributed by atoms with Gasteiger partial charge in [-0.05, 0) is 24.6 Å². The Morgan fingerprint density at radius 2 is 2.10 bits per heavy atom. The molecule has 1 unspecified atom stereocenters. The molecule has 0 saturated carbocycles. The average Bonchev–Trinajstić information content (AvgIpc) is 2.67. The van der Waals surface area contributed by atoms with Crippen LogP contribution >= 0.6 is 23.2 Å². The molecule has 2 rings (SSSR count). The highest BCUT2D eigenvalue weighted by atomic mass is 35.5. The summed E-state index contributed by atoms with van der Waals surface area (Å²) in [4.78, 5) is 11.7. The summed E-state index contributed by atoms with van der Waals surface area (Å²) in [6.45, 7) is 0.0257. The summed E-state index contributed by atoms with van der Waals surface area (Å²) in [7, 11) is -2.99. The summed E-state index contributed by atoms with van der Waals surface area (Å²) in [5, 5.41) is 6.51. The molecular formula is C12H14Cl2N2O3S. The maximum absolute atomic E-state index is 11.7. The Kier molecular flexibility index (Phi) is 4.78. The zero-order chi connectivity index (χ0) is 14.8. The van der Waals surface area contributed by atoms with E-state index in [2.05, 4.69) is 10.6 Å². The fourth-order valence-corrected chi connectivity index (χ4v) is 4.14. The summed E-state index contributed by atoms with van der Waals surface area (Å²) < 4.78 is 22.6. The van der Waals surface area contributed by atoms with Gasteiger partial charge in [0, 0.05) is 11.1 Å². The topological polar surface area (TPSA) is 75.3 Å². The lowest BCUT2D eigenvalue weighted by Gasteiger charge is -2.12. The monoisotopic (exact) mass is 336 g/mol. The van der Waals surface area contributed by atoms with E-state index in [1.54, 1.807) is 18.2 Å². The Labute approximate surface area is 127 Å². The summed E-state index contributed by atoms with van der Waals surface area (Å²) in [5.74, 6) is -0.118. The second kappa shape index (κ2) is 6.20. The van der Waals surface area contributed by atoms with Crippen molar-refractivity contribution in [1.82, 2.24) is 5.32 Å². The van der Waals surface area contributed by atoms with Crippen molar-refractivity contribution in [2.75, 3.05) is 23.4 Å². The van der Waals surface area contributed by atoms with Gasteiger partial charge < -0.3 is 10.6 Å². The molecule has 0 bridgehead atoms. The Balaban J connectivity index is 1.84. The van der Waals surface area contributed by atoms with Crippen molar-refractivity contribution in [1.29, 1.82) is 0 Å². The van der Waals surface area contributed by atoms with Gasteiger partial charge in [-0.1, -0.05) is 23.2 Å². The van der Waals surface area contributed by atoms with Crippen LogP contribution in [0, 0.1) is 0 Å². The summed E-state index contributed by atoms with van der Waals surface area (Å²) in [6.07, 6.45) is 0.468. The van der Waals surface area contributed by atoms with Crippen molar-refractivity contribution >= 4 is 44.6 Å². The molecule has 1 fully saturated rings. The zero-order valence-corrected chi connectivity index (χ0v) is 12.9. The molecule has 0 aliphatic carbocycles. The third-order valence-corrected chi connectivity index (χ3v) is 5.28. The van der Waals surface area contributed by atoms with Gasteiger partial charge in [0.15, 0.2) is 9.84 Å². The number of hydrogen-bond acceptors (Lipinski definition) is 4. The van der Waals surface area contributed by atoms with Crippen LogP contribution in [0.4, 0.5) is 5.69 Å². The molecule has 2 N–H and O–H groups in total. The second-order valence-corrected chi connectivity index (χ2v) is 7.72. The Morgan fingerprint density at radius 1 is 1.35 bits per heavy atom. The molecule has 0 spiro atoms. The number of hydrogen-bond donors (Lipinski definition) is 2. The number of benzene rings is 1. The van der Waals surface area contributed by atoms with Crippen LogP contribution in [0.25, 0.3) is 0 Å². The fraction of sp³-hybridized carbons (Fsp3) is 0.417. The number of rotatable bonds is 4. The highest BCUT2D eigenvalue weighted by Crippen LogP contribution is 2.25. The van der Waals surface area contributed by atoms with Crippen molar-refractivity contribution in [3.05, 3.63) is 28.2 Å². The SMILES string of the molecule is O=C(CNc1ccc(Cl)cc1Cl)NC1CCS(=O)(=O)C1. The van der Waals surface area contributed by atoms with Crippen LogP contribution < -0.4 is 10.6 Å². The molecule has 5 nitrogen and oxygen atoms in total. The van der Waals surface area contributed by atoms with Crippen molar-refractivity contribution in [3.8, 4) is 0 Å². The molecule has 1 aliphatic rings. The van der Waals surface area contributed by atoms with Crippen LogP contribution in [0.15, 0.2) is 18.2 Å². The first-order valence-corrected chi connectivity index (χ1v) is 8.62. The molecule has 110 valence electrons. The van der Waals surface area contributed by atoms with E-state index in [1.807, 2.05) is 0 Å². The lowest BCUT2D eigenvalue weighted by atomic mass is 10.2. The molecular weight excluding hydrogens is 323 g/mol. The Bertz CT molecular complexity index is 619. The van der Waals surface area contributed by atoms with Gasteiger partial charge in [-0.2, -0.15) is 0 Å². The van der Waals surface area contributed by atoms with Crippen molar-refractivity contribution in [2.24, 2.45) is 0 Å². The molecule has 1 saturated heterocycles. The van der Waals surface area contributed by atoms with Gasteiger partial charge in [0.25, 0.3) is 0 Å². The summed E-state index contributed by atoms with van der Waals surface area (Å²) in [5.41, 5.74) is 0.602. The quantitative estimate of drug-likeness (QED) is 0.877. The Hall–Kier alpha value is -0.980. The first-order chi connectivity index (χ1) is 9.35. The predicted molar refractivity (Wildman–Crippen MR) is 80.2 cm³/mol. The molecule has 0 aromatic heterocycles. The van der Waals surface area contributed by atoms with E-state index in [4.69, 9.17) is 23.2 Å². The zero-order valence-electron chi connectivity index (χ0n) is 10.5. The van der Waals surface area contributed by atoms with E-state index in [1.165, 1.54) is 0 Å². The minimum Gasteiger partial charge on any atom is -0.375 e. The first-order valence-electron chi connectivity index (χ1n) is 6.04. The normalized spacial score (nSPS) is 20.6. The summed E-state index contributed by atoms with van der Waals surface area (Å²) in [6, 6.07) is 4.62. The minimum atomic E-state index is -2.99. The van der Waals surface area contributed by atoms with Gasteiger partial charge in [0.1, 0.15) is 0 Å². The van der Waals surface area contributed by atoms with Crippen molar-refractivity contribution in [3.63, 3.8) is 0 Å². The molecule has 0 radical (unpaired) electrons. The third-order valence-electron chi connectivity index (χ3n) is 2.97. The van der Waals surface area contributed by atoms with Crippen LogP contribution in [0.1, 0.15) is 6.42 Å². The maximum Gasteiger partial charge on any atom is 0.239 e. The fourth-order valence-electron chi connectivity index (χ4n) is 2.00. The van der Waals surface area contributed by atoms with Crippen LogP contribution in [-0.2, 0) is 14.6 Å². The number of carbonyl (C=O) groups excluding carboxylic acids is 1. The van der Waals surface area contributed by atoms with Crippen LogP contribution in [0.5, 0.6) is 0 Å². The second-order valence-electron chi connectivity index (χ2n) is 4.65. The molecule has 1 aromatic carbocycles. The number of halogens is 2. The number of sulfone groups is 1. The average molecular weight is 337 g/mol. The molecule has 1 aromatic rings. The molecule has 1 atom stereocenters. The molecule has 1 aliphatic heterocycles. The van der Waals surface area contributed by atoms with Gasteiger partial charge in [-0.25, -0.2) is 8.42 Å². The largest absolute Gasteiger partial charge is 0.375 e. The van der Waals surface area contributed by atoms with E-state index in [0.717, 1.165) is 0 Å². The van der Waals surface area contributed by atoms with Gasteiger partial charge in [0.2, 0.25) is 5.91 Å². The molecule has 1 heterocycles. The van der Waals surface area contributed by atoms with E-state index in [-0.39, 0.29) is 30.0 Å². The van der Waals surface area contributed by atoms with Gasteiger partial charge >= 0.3 is 0 Å². The van der Waals surface area contributed by atoms with Crippen LogP contribution in [0.3, 0.4) is 0 Å². The van der Waals surface area contributed by atoms with Crippen molar-refractivity contribution in [2.45, 2.75) is 12.5 Å². The third kappa shape index (κ3) is 4.26. The molecule has 8 heteroatoms.